The van der Waals surface area contributed by atoms with Crippen molar-refractivity contribution in [2.24, 2.45) is 23.1 Å². The largest absolute Gasteiger partial charge is 0.397 e. The molecule has 4 atom stereocenters. The molecule has 4 nitrogen and oxygen atoms in total. The molecule has 148 valence electrons. The van der Waals surface area contributed by atoms with E-state index >= 15 is 0 Å². The molecule has 0 amide bonds. The van der Waals surface area contributed by atoms with Gasteiger partial charge in [-0.1, -0.05) is 26.0 Å². The molecule has 1 aromatic rings. The van der Waals surface area contributed by atoms with Crippen LogP contribution in [0.3, 0.4) is 0 Å². The maximum absolute atomic E-state index is 5.69. The molecule has 0 radical (unpaired) electrons. The van der Waals surface area contributed by atoms with Crippen LogP contribution in [0.2, 0.25) is 0 Å². The normalized spacial score (nSPS) is 32.0. The number of thioether (sulfide) groups is 1. The zero-order valence-electron chi connectivity index (χ0n) is 16.2. The predicted molar refractivity (Wildman–Crippen MR) is 111 cm³/mol. The van der Waals surface area contributed by atoms with E-state index in [-0.39, 0.29) is 0 Å². The summed E-state index contributed by atoms with van der Waals surface area (Å²) in [4.78, 5) is 5.30. The molecule has 0 bridgehead atoms. The van der Waals surface area contributed by atoms with Gasteiger partial charge in [0.25, 0.3) is 12.3 Å². The van der Waals surface area contributed by atoms with Crippen LogP contribution in [0.15, 0.2) is 29.2 Å². The van der Waals surface area contributed by atoms with Crippen molar-refractivity contribution in [3.8, 4) is 5.75 Å². The first-order chi connectivity index (χ1) is 13.1. The second-order valence-electron chi connectivity index (χ2n) is 8.26. The van der Waals surface area contributed by atoms with Crippen molar-refractivity contribution in [3.63, 3.8) is 0 Å². The SMILES string of the molecule is C=C1CCC2C3CCc4cc(OSOON)c(SCC)cc4C3CC[C@]12C. The monoisotopic (exact) mass is 407 g/mol. The van der Waals surface area contributed by atoms with E-state index < -0.39 is 0 Å². The van der Waals surface area contributed by atoms with Gasteiger partial charge < -0.3 is 4.18 Å². The Morgan fingerprint density at radius 2 is 2.11 bits per heavy atom. The summed E-state index contributed by atoms with van der Waals surface area (Å²) < 4.78 is 10.3. The molecule has 0 saturated heterocycles. The third-order valence-corrected chi connectivity index (χ3v) is 8.53. The lowest BCUT2D eigenvalue weighted by Crippen LogP contribution is -2.40. The Morgan fingerprint density at radius 1 is 1.26 bits per heavy atom. The van der Waals surface area contributed by atoms with Crippen molar-refractivity contribution in [2.45, 2.75) is 63.2 Å². The second kappa shape index (κ2) is 7.99. The Hall–Kier alpha value is -0.660. The fourth-order valence-corrected chi connectivity index (χ4v) is 6.97. The number of allylic oxidation sites excluding steroid dienone is 1. The summed E-state index contributed by atoms with van der Waals surface area (Å²) in [6.45, 7) is 9.07. The zero-order chi connectivity index (χ0) is 19.0. The maximum atomic E-state index is 5.69. The highest BCUT2D eigenvalue weighted by atomic mass is 32.2. The Kier molecular flexibility index (Phi) is 5.82. The molecule has 0 aliphatic heterocycles. The first-order valence-electron chi connectivity index (χ1n) is 9.93. The van der Waals surface area contributed by atoms with Crippen molar-refractivity contribution in [1.29, 1.82) is 0 Å². The fourth-order valence-electron chi connectivity index (χ4n) is 5.88. The molecule has 2 saturated carbocycles. The average Bonchev–Trinajstić information content (AvgIpc) is 2.97. The van der Waals surface area contributed by atoms with E-state index in [0.29, 0.717) is 11.3 Å². The van der Waals surface area contributed by atoms with E-state index in [2.05, 4.69) is 41.9 Å². The zero-order valence-corrected chi connectivity index (χ0v) is 17.8. The van der Waals surface area contributed by atoms with Crippen molar-refractivity contribution in [1.82, 2.24) is 0 Å². The highest BCUT2D eigenvalue weighted by molar-refractivity contribution is 7.99. The van der Waals surface area contributed by atoms with Crippen molar-refractivity contribution in [3.05, 3.63) is 35.4 Å². The summed E-state index contributed by atoms with van der Waals surface area (Å²) in [5.74, 6) is 9.03. The molecule has 2 fully saturated rings. The lowest BCUT2D eigenvalue weighted by Gasteiger charge is -2.49. The van der Waals surface area contributed by atoms with Gasteiger partial charge in [0.2, 0.25) is 0 Å². The van der Waals surface area contributed by atoms with Crippen LogP contribution in [-0.2, 0) is 15.7 Å². The highest BCUT2D eigenvalue weighted by Crippen LogP contribution is 2.62. The molecule has 0 spiro atoms. The number of nitrogens with two attached hydrogens (primary N) is 1. The Bertz CT molecular complexity index is 726. The lowest BCUT2D eigenvalue weighted by atomic mass is 9.55. The number of hydrogen-bond acceptors (Lipinski definition) is 6. The molecule has 6 heteroatoms. The minimum Gasteiger partial charge on any atom is -0.397 e. The summed E-state index contributed by atoms with van der Waals surface area (Å²) in [5.41, 5.74) is 4.86. The third kappa shape index (κ3) is 3.44. The Morgan fingerprint density at radius 3 is 2.89 bits per heavy atom. The van der Waals surface area contributed by atoms with Crippen molar-refractivity contribution in [2.75, 3.05) is 5.75 Å². The molecule has 3 aliphatic carbocycles. The Labute approximate surface area is 170 Å². The van der Waals surface area contributed by atoms with E-state index in [0.717, 1.165) is 42.1 Å². The van der Waals surface area contributed by atoms with E-state index in [1.807, 2.05) is 11.8 Å². The summed E-state index contributed by atoms with van der Waals surface area (Å²) >= 11 is 2.57. The molecule has 27 heavy (non-hydrogen) atoms. The van der Waals surface area contributed by atoms with Gasteiger partial charge in [0.15, 0.2) is 5.75 Å². The van der Waals surface area contributed by atoms with E-state index in [1.54, 1.807) is 5.56 Å². The van der Waals surface area contributed by atoms with Gasteiger partial charge in [0, 0.05) is 0 Å². The van der Waals surface area contributed by atoms with Gasteiger partial charge in [-0.3, -0.25) is 0 Å². The molecular weight excluding hydrogens is 378 g/mol. The predicted octanol–water partition coefficient (Wildman–Crippen LogP) is 5.97. The van der Waals surface area contributed by atoms with Crippen LogP contribution in [-0.4, -0.2) is 5.75 Å². The van der Waals surface area contributed by atoms with Gasteiger partial charge in [-0.2, -0.15) is 5.90 Å². The van der Waals surface area contributed by atoms with Gasteiger partial charge in [-0.25, -0.2) is 0 Å². The molecule has 0 heterocycles. The molecule has 4 rings (SSSR count). The van der Waals surface area contributed by atoms with Gasteiger partial charge in [-0.05, 0) is 90.7 Å². The molecule has 0 aromatic heterocycles. The lowest BCUT2D eigenvalue weighted by molar-refractivity contribution is -0.199. The molecular formula is C21H29NO3S2. The summed E-state index contributed by atoms with van der Waals surface area (Å²) in [7, 11) is 0. The smallest absolute Gasteiger partial charge is 0.260 e. The first-order valence-corrected chi connectivity index (χ1v) is 11.6. The highest BCUT2D eigenvalue weighted by Gasteiger charge is 2.51. The van der Waals surface area contributed by atoms with E-state index in [9.17, 15) is 0 Å². The number of hydrogen-bond donors (Lipinski definition) is 1. The van der Waals surface area contributed by atoms with Crippen LogP contribution in [0.25, 0.3) is 0 Å². The average molecular weight is 408 g/mol. The number of benzene rings is 1. The molecule has 3 aliphatic rings. The number of rotatable bonds is 6. The van der Waals surface area contributed by atoms with Gasteiger partial charge in [-0.15, -0.1) is 21.1 Å². The van der Waals surface area contributed by atoms with Crippen LogP contribution >= 0.6 is 24.1 Å². The van der Waals surface area contributed by atoms with Crippen LogP contribution in [0.4, 0.5) is 0 Å². The summed E-state index contributed by atoms with van der Waals surface area (Å²) in [6, 6.07) is 4.59. The second-order valence-corrected chi connectivity index (χ2v) is 10.0. The van der Waals surface area contributed by atoms with E-state index in [4.69, 9.17) is 10.1 Å². The quantitative estimate of drug-likeness (QED) is 0.156. The third-order valence-electron chi connectivity index (χ3n) is 7.23. The summed E-state index contributed by atoms with van der Waals surface area (Å²) in [5, 5.41) is 0. The standard InChI is InChI=1S/C21H29NO3S2/c1-4-26-20-12-17-14(11-19(20)23-27-25-24-22)6-7-16-15(17)9-10-21(3)13(2)5-8-18(16)21/h11-12,15-16,18H,2,4-10,22H2,1,3H3/t15?,16?,18?,21-/m1/s1. The van der Waals surface area contributed by atoms with Crippen LogP contribution < -0.4 is 10.1 Å². The van der Waals surface area contributed by atoms with Crippen molar-refractivity contribution < 1.29 is 13.5 Å². The van der Waals surface area contributed by atoms with Gasteiger partial charge in [0.05, 0.1) is 4.90 Å². The molecule has 2 N–H and O–H groups in total. The number of aryl methyl sites for hydroxylation is 1. The van der Waals surface area contributed by atoms with E-state index in [1.165, 1.54) is 48.1 Å². The molecule has 1 aromatic carbocycles. The first kappa shape index (κ1) is 19.6. The maximum Gasteiger partial charge on any atom is 0.260 e. The summed E-state index contributed by atoms with van der Waals surface area (Å²) in [6.07, 6.45) is 7.52. The van der Waals surface area contributed by atoms with Crippen LogP contribution in [0.5, 0.6) is 5.75 Å². The van der Waals surface area contributed by atoms with Crippen molar-refractivity contribution >= 4 is 24.1 Å². The number of fused-ring (bicyclic) bond motifs is 5. The van der Waals surface area contributed by atoms with Crippen LogP contribution in [0, 0.1) is 17.3 Å². The minimum atomic E-state index is 0.374. The topological polar surface area (TPSA) is 53.7 Å². The van der Waals surface area contributed by atoms with Crippen LogP contribution in [0.1, 0.15) is 63.0 Å². The Balaban J connectivity index is 1.64. The molecule has 3 unspecified atom stereocenters. The fraction of sp³-hybridized carbons (Fsp3) is 0.619. The minimum absolute atomic E-state index is 0.374. The van der Waals surface area contributed by atoms with Gasteiger partial charge >= 0.3 is 0 Å². The van der Waals surface area contributed by atoms with Gasteiger partial charge in [0.1, 0.15) is 0 Å².